The summed E-state index contributed by atoms with van der Waals surface area (Å²) in [6.45, 7) is 2.09. The Kier molecular flexibility index (Phi) is 2.80. The smallest absolute Gasteiger partial charge is 0.126 e. The monoisotopic (exact) mass is 239 g/mol. The van der Waals surface area contributed by atoms with Crippen LogP contribution in [0.5, 0.6) is 5.75 Å². The molecule has 18 heavy (non-hydrogen) atoms. The number of fused-ring (bicyclic) bond motifs is 1. The molecule has 2 nitrogen and oxygen atoms in total. The molecule has 2 atom stereocenters. The van der Waals surface area contributed by atoms with Crippen LogP contribution in [0, 0.1) is 6.92 Å². The second kappa shape index (κ2) is 4.46. The Labute approximate surface area is 107 Å². The molecule has 0 saturated heterocycles. The summed E-state index contributed by atoms with van der Waals surface area (Å²) in [5, 5.41) is 0. The van der Waals surface area contributed by atoms with E-state index in [2.05, 4.69) is 31.2 Å². The summed E-state index contributed by atoms with van der Waals surface area (Å²) in [5.74, 6) is 0.918. The highest BCUT2D eigenvalue weighted by Crippen LogP contribution is 2.39. The average Bonchev–Trinajstić information content (AvgIpc) is 2.39. The zero-order valence-electron chi connectivity index (χ0n) is 10.5. The number of aryl methyl sites for hydroxylation is 1. The van der Waals surface area contributed by atoms with E-state index < -0.39 is 0 Å². The lowest BCUT2D eigenvalue weighted by Gasteiger charge is -2.30. The Bertz CT molecular complexity index is 547. The Morgan fingerprint density at radius 2 is 1.78 bits per heavy atom. The Morgan fingerprint density at radius 3 is 2.56 bits per heavy atom. The lowest BCUT2D eigenvalue weighted by atomic mass is 9.93. The zero-order chi connectivity index (χ0) is 12.5. The molecule has 1 aliphatic heterocycles. The highest BCUT2D eigenvalue weighted by molar-refractivity contribution is 5.39. The molecule has 2 aromatic carbocycles. The fourth-order valence-corrected chi connectivity index (χ4v) is 2.44. The van der Waals surface area contributed by atoms with E-state index in [-0.39, 0.29) is 12.1 Å². The topological polar surface area (TPSA) is 35.2 Å². The maximum atomic E-state index is 6.22. The van der Waals surface area contributed by atoms with Crippen LogP contribution in [0.4, 0.5) is 0 Å². The lowest BCUT2D eigenvalue weighted by Crippen LogP contribution is -2.24. The minimum absolute atomic E-state index is 0.0567. The van der Waals surface area contributed by atoms with E-state index in [1.54, 1.807) is 0 Å². The van der Waals surface area contributed by atoms with Gasteiger partial charge in [0, 0.05) is 18.0 Å². The van der Waals surface area contributed by atoms with Gasteiger partial charge in [0.15, 0.2) is 0 Å². The van der Waals surface area contributed by atoms with Crippen LogP contribution in [-0.4, -0.2) is 0 Å². The van der Waals surface area contributed by atoms with E-state index >= 15 is 0 Å². The Morgan fingerprint density at radius 1 is 1.06 bits per heavy atom. The molecule has 2 aromatic rings. The second-order valence-electron chi connectivity index (χ2n) is 4.90. The van der Waals surface area contributed by atoms with Gasteiger partial charge < -0.3 is 10.5 Å². The fourth-order valence-electron chi connectivity index (χ4n) is 2.44. The molecule has 0 radical (unpaired) electrons. The van der Waals surface area contributed by atoms with Crippen molar-refractivity contribution in [1.82, 2.24) is 0 Å². The summed E-state index contributed by atoms with van der Waals surface area (Å²) in [6, 6.07) is 16.6. The molecule has 0 amide bonds. The van der Waals surface area contributed by atoms with Crippen LogP contribution < -0.4 is 10.5 Å². The van der Waals surface area contributed by atoms with Crippen LogP contribution >= 0.6 is 0 Å². The van der Waals surface area contributed by atoms with Crippen LogP contribution in [0.15, 0.2) is 48.5 Å². The fraction of sp³-hybridized carbons (Fsp3) is 0.250. The minimum Gasteiger partial charge on any atom is -0.485 e. The standard InChI is InChI=1S/C16H17NO/c1-11-6-8-12(9-7-11)16-10-14(17)13-4-2-3-5-15(13)18-16/h2-9,14,16H,10,17H2,1H3. The van der Waals surface area contributed by atoms with Gasteiger partial charge in [-0.15, -0.1) is 0 Å². The molecular weight excluding hydrogens is 222 g/mol. The van der Waals surface area contributed by atoms with Gasteiger partial charge in [0.05, 0.1) is 0 Å². The normalized spacial score (nSPS) is 22.1. The van der Waals surface area contributed by atoms with E-state index in [0.717, 1.165) is 17.7 Å². The first-order chi connectivity index (χ1) is 8.74. The van der Waals surface area contributed by atoms with Gasteiger partial charge >= 0.3 is 0 Å². The van der Waals surface area contributed by atoms with Crippen molar-refractivity contribution in [2.45, 2.75) is 25.5 Å². The molecule has 0 fully saturated rings. The molecular formula is C16H17NO. The molecule has 2 N–H and O–H groups in total. The van der Waals surface area contributed by atoms with Crippen LogP contribution in [0.3, 0.4) is 0 Å². The van der Waals surface area contributed by atoms with Crippen molar-refractivity contribution in [3.05, 3.63) is 65.2 Å². The van der Waals surface area contributed by atoms with Gasteiger partial charge in [-0.1, -0.05) is 48.0 Å². The third-order valence-corrected chi connectivity index (χ3v) is 3.50. The molecule has 92 valence electrons. The van der Waals surface area contributed by atoms with Gasteiger partial charge in [0.2, 0.25) is 0 Å². The minimum atomic E-state index is 0.0567. The SMILES string of the molecule is Cc1ccc(C2CC(N)c3ccccc3O2)cc1. The van der Waals surface area contributed by atoms with Crippen LogP contribution in [-0.2, 0) is 0 Å². The molecule has 0 saturated carbocycles. The lowest BCUT2D eigenvalue weighted by molar-refractivity contribution is 0.161. The molecule has 2 heteroatoms. The predicted octanol–water partition coefficient (Wildman–Crippen LogP) is 3.52. The maximum Gasteiger partial charge on any atom is 0.126 e. The maximum absolute atomic E-state index is 6.22. The van der Waals surface area contributed by atoms with Crippen molar-refractivity contribution in [3.8, 4) is 5.75 Å². The number of rotatable bonds is 1. The summed E-state index contributed by atoms with van der Waals surface area (Å²) in [6.07, 6.45) is 0.899. The van der Waals surface area contributed by atoms with E-state index in [1.807, 2.05) is 24.3 Å². The number of para-hydroxylation sites is 1. The highest BCUT2D eigenvalue weighted by Gasteiger charge is 2.26. The summed E-state index contributed by atoms with van der Waals surface area (Å²) in [5.41, 5.74) is 9.80. The molecule has 1 aliphatic rings. The molecule has 0 spiro atoms. The highest BCUT2D eigenvalue weighted by atomic mass is 16.5. The second-order valence-corrected chi connectivity index (χ2v) is 4.90. The predicted molar refractivity (Wildman–Crippen MR) is 72.5 cm³/mol. The first-order valence-electron chi connectivity index (χ1n) is 6.32. The first kappa shape index (κ1) is 11.3. The van der Waals surface area contributed by atoms with E-state index in [4.69, 9.17) is 10.5 Å². The number of ether oxygens (including phenoxy) is 1. The van der Waals surface area contributed by atoms with Gasteiger partial charge in [0.1, 0.15) is 11.9 Å². The van der Waals surface area contributed by atoms with E-state index in [0.29, 0.717) is 0 Å². The molecule has 0 aliphatic carbocycles. The van der Waals surface area contributed by atoms with Gasteiger partial charge in [-0.05, 0) is 18.6 Å². The number of benzene rings is 2. The third kappa shape index (κ3) is 2.00. The van der Waals surface area contributed by atoms with Gasteiger partial charge in [-0.3, -0.25) is 0 Å². The summed E-state index contributed by atoms with van der Waals surface area (Å²) < 4.78 is 6.05. The zero-order valence-corrected chi connectivity index (χ0v) is 10.5. The Balaban J connectivity index is 1.92. The number of hydrogen-bond acceptors (Lipinski definition) is 2. The molecule has 0 bridgehead atoms. The van der Waals surface area contributed by atoms with Crippen molar-refractivity contribution in [2.75, 3.05) is 0 Å². The average molecular weight is 239 g/mol. The Hall–Kier alpha value is -1.80. The summed E-state index contributed by atoms with van der Waals surface area (Å²) >= 11 is 0. The quantitative estimate of drug-likeness (QED) is 0.826. The number of hydrogen-bond donors (Lipinski definition) is 1. The van der Waals surface area contributed by atoms with Crippen molar-refractivity contribution in [2.24, 2.45) is 5.73 Å². The van der Waals surface area contributed by atoms with Crippen LogP contribution in [0.1, 0.15) is 35.3 Å². The number of nitrogens with two attached hydrogens (primary N) is 1. The summed E-state index contributed by atoms with van der Waals surface area (Å²) in [7, 11) is 0. The summed E-state index contributed by atoms with van der Waals surface area (Å²) in [4.78, 5) is 0. The van der Waals surface area contributed by atoms with Crippen molar-refractivity contribution in [1.29, 1.82) is 0 Å². The van der Waals surface area contributed by atoms with Gasteiger partial charge in [0.25, 0.3) is 0 Å². The molecule has 0 aromatic heterocycles. The third-order valence-electron chi connectivity index (χ3n) is 3.50. The first-order valence-corrected chi connectivity index (χ1v) is 6.32. The van der Waals surface area contributed by atoms with Gasteiger partial charge in [-0.25, -0.2) is 0 Å². The van der Waals surface area contributed by atoms with E-state index in [1.165, 1.54) is 11.1 Å². The van der Waals surface area contributed by atoms with Crippen LogP contribution in [0.25, 0.3) is 0 Å². The van der Waals surface area contributed by atoms with Crippen molar-refractivity contribution >= 4 is 0 Å². The van der Waals surface area contributed by atoms with Crippen molar-refractivity contribution < 1.29 is 4.74 Å². The van der Waals surface area contributed by atoms with Gasteiger partial charge in [-0.2, -0.15) is 0 Å². The molecule has 3 rings (SSSR count). The molecule has 1 heterocycles. The largest absolute Gasteiger partial charge is 0.485 e. The van der Waals surface area contributed by atoms with Crippen LogP contribution in [0.2, 0.25) is 0 Å². The van der Waals surface area contributed by atoms with E-state index in [9.17, 15) is 0 Å². The molecule has 2 unspecified atom stereocenters. The van der Waals surface area contributed by atoms with Crippen molar-refractivity contribution in [3.63, 3.8) is 0 Å².